The van der Waals surface area contributed by atoms with E-state index in [1.807, 2.05) is 102 Å². The molecular weight excluding hydrogens is 522 g/mol. The summed E-state index contributed by atoms with van der Waals surface area (Å²) >= 11 is 0. The van der Waals surface area contributed by atoms with Crippen molar-refractivity contribution in [2.45, 2.75) is 66.1 Å². The SMILES string of the molecule is Cc1ccc(N(CC(=O)N(Cc2ccccc2C)C(Cc2ccccc2)C(=O)NC(C)(C)C)S(C)(=O)=O)cc1C. The van der Waals surface area contributed by atoms with Crippen molar-refractivity contribution in [3.8, 4) is 0 Å². The summed E-state index contributed by atoms with van der Waals surface area (Å²) in [6.07, 6.45) is 1.37. The molecule has 0 aliphatic heterocycles. The molecular formula is C32H41N3O4S. The van der Waals surface area contributed by atoms with Crippen molar-refractivity contribution < 1.29 is 18.0 Å². The van der Waals surface area contributed by atoms with Crippen molar-refractivity contribution >= 4 is 27.5 Å². The monoisotopic (exact) mass is 563 g/mol. The Kier molecular flexibility index (Phi) is 9.79. The molecule has 0 saturated carbocycles. The summed E-state index contributed by atoms with van der Waals surface area (Å²) in [7, 11) is -3.81. The smallest absolute Gasteiger partial charge is 0.244 e. The zero-order valence-electron chi connectivity index (χ0n) is 24.6. The lowest BCUT2D eigenvalue weighted by Gasteiger charge is -2.35. The van der Waals surface area contributed by atoms with Crippen LogP contribution in [0, 0.1) is 20.8 Å². The van der Waals surface area contributed by atoms with Gasteiger partial charge in [-0.05, 0) is 81.5 Å². The van der Waals surface area contributed by atoms with Crippen LogP contribution < -0.4 is 9.62 Å². The Labute approximate surface area is 239 Å². The molecule has 1 unspecified atom stereocenters. The van der Waals surface area contributed by atoms with Crippen LogP contribution in [0.2, 0.25) is 0 Å². The first-order chi connectivity index (χ1) is 18.7. The van der Waals surface area contributed by atoms with Crippen LogP contribution in [0.4, 0.5) is 5.69 Å². The molecule has 3 aromatic carbocycles. The molecule has 1 N–H and O–H groups in total. The average molecular weight is 564 g/mol. The summed E-state index contributed by atoms with van der Waals surface area (Å²) < 4.78 is 27.0. The Bertz CT molecular complexity index is 1450. The molecule has 0 spiro atoms. The molecule has 0 fully saturated rings. The maximum atomic E-state index is 14.2. The summed E-state index contributed by atoms with van der Waals surface area (Å²) in [4.78, 5) is 29.5. The molecule has 8 heteroatoms. The minimum absolute atomic E-state index is 0.158. The number of anilines is 1. The number of amides is 2. The Balaban J connectivity index is 2.10. The molecule has 0 aliphatic rings. The second kappa shape index (κ2) is 12.7. The second-order valence-corrected chi connectivity index (χ2v) is 13.3. The van der Waals surface area contributed by atoms with Gasteiger partial charge in [0.25, 0.3) is 0 Å². The Hall–Kier alpha value is -3.65. The number of carbonyl (C=O) groups is 2. The highest BCUT2D eigenvalue weighted by Gasteiger charge is 2.34. The van der Waals surface area contributed by atoms with Crippen LogP contribution in [0.5, 0.6) is 0 Å². The predicted octanol–water partition coefficient (Wildman–Crippen LogP) is 4.93. The Morgan fingerprint density at radius 2 is 1.48 bits per heavy atom. The van der Waals surface area contributed by atoms with Crippen molar-refractivity contribution in [3.63, 3.8) is 0 Å². The van der Waals surface area contributed by atoms with Crippen LogP contribution in [0.15, 0.2) is 72.8 Å². The maximum absolute atomic E-state index is 14.2. The third-order valence-electron chi connectivity index (χ3n) is 6.83. The fourth-order valence-electron chi connectivity index (χ4n) is 4.47. The third kappa shape index (κ3) is 8.42. The first-order valence-electron chi connectivity index (χ1n) is 13.4. The molecule has 2 amide bonds. The van der Waals surface area contributed by atoms with Gasteiger partial charge in [0.1, 0.15) is 12.6 Å². The molecule has 7 nitrogen and oxygen atoms in total. The van der Waals surface area contributed by atoms with Crippen molar-refractivity contribution in [1.29, 1.82) is 0 Å². The summed E-state index contributed by atoms with van der Waals surface area (Å²) in [5.41, 5.74) is 4.58. The highest BCUT2D eigenvalue weighted by Crippen LogP contribution is 2.23. The molecule has 3 rings (SSSR count). The van der Waals surface area contributed by atoms with Crippen LogP contribution in [-0.2, 0) is 32.6 Å². The lowest BCUT2D eigenvalue weighted by molar-refractivity contribution is -0.140. The number of nitrogens with zero attached hydrogens (tertiary/aromatic N) is 2. The zero-order chi connectivity index (χ0) is 29.7. The number of benzene rings is 3. The Morgan fingerprint density at radius 1 is 0.850 bits per heavy atom. The van der Waals surface area contributed by atoms with Gasteiger partial charge in [0.15, 0.2) is 0 Å². The van der Waals surface area contributed by atoms with Gasteiger partial charge in [0, 0.05) is 18.5 Å². The van der Waals surface area contributed by atoms with E-state index in [4.69, 9.17) is 0 Å². The number of carbonyl (C=O) groups excluding carboxylic acids is 2. The zero-order valence-corrected chi connectivity index (χ0v) is 25.4. The van der Waals surface area contributed by atoms with Crippen LogP contribution in [0.3, 0.4) is 0 Å². The highest BCUT2D eigenvalue weighted by molar-refractivity contribution is 7.92. The van der Waals surface area contributed by atoms with Crippen LogP contribution >= 0.6 is 0 Å². The second-order valence-electron chi connectivity index (χ2n) is 11.4. The van der Waals surface area contributed by atoms with Gasteiger partial charge in [-0.1, -0.05) is 60.7 Å². The minimum atomic E-state index is -3.81. The van der Waals surface area contributed by atoms with Gasteiger partial charge in [0.05, 0.1) is 11.9 Å². The van der Waals surface area contributed by atoms with Gasteiger partial charge in [0.2, 0.25) is 21.8 Å². The van der Waals surface area contributed by atoms with E-state index in [0.29, 0.717) is 5.69 Å². The average Bonchev–Trinajstić information content (AvgIpc) is 2.86. The van der Waals surface area contributed by atoms with Gasteiger partial charge < -0.3 is 10.2 Å². The molecule has 0 aliphatic carbocycles. The third-order valence-corrected chi connectivity index (χ3v) is 7.97. The van der Waals surface area contributed by atoms with E-state index in [2.05, 4.69) is 5.32 Å². The molecule has 1 atom stereocenters. The van der Waals surface area contributed by atoms with E-state index in [1.165, 1.54) is 4.90 Å². The van der Waals surface area contributed by atoms with Crippen molar-refractivity contribution in [3.05, 3.63) is 101 Å². The molecule has 3 aromatic rings. The summed E-state index contributed by atoms with van der Waals surface area (Å²) in [6, 6.07) is 21.7. The van der Waals surface area contributed by atoms with Crippen molar-refractivity contribution in [2.24, 2.45) is 0 Å². The van der Waals surface area contributed by atoms with Crippen LogP contribution in [-0.4, -0.2) is 49.5 Å². The Morgan fingerprint density at radius 3 is 2.05 bits per heavy atom. The summed E-state index contributed by atoms with van der Waals surface area (Å²) in [6.45, 7) is 11.2. The molecule has 214 valence electrons. The maximum Gasteiger partial charge on any atom is 0.244 e. The molecule has 0 bridgehead atoms. The van der Waals surface area contributed by atoms with Gasteiger partial charge in [-0.2, -0.15) is 0 Å². The van der Waals surface area contributed by atoms with Crippen molar-refractivity contribution in [1.82, 2.24) is 10.2 Å². The normalized spacial score (nSPS) is 12.5. The number of sulfonamides is 1. The number of nitrogens with one attached hydrogen (secondary N) is 1. The lowest BCUT2D eigenvalue weighted by atomic mass is 10.00. The van der Waals surface area contributed by atoms with Crippen LogP contribution in [0.1, 0.15) is 48.6 Å². The first-order valence-corrected chi connectivity index (χ1v) is 15.3. The van der Waals surface area contributed by atoms with E-state index < -0.39 is 34.1 Å². The molecule has 0 aromatic heterocycles. The van der Waals surface area contributed by atoms with Gasteiger partial charge >= 0.3 is 0 Å². The molecule has 40 heavy (non-hydrogen) atoms. The van der Waals surface area contributed by atoms with Gasteiger partial charge in [-0.25, -0.2) is 8.42 Å². The summed E-state index contributed by atoms with van der Waals surface area (Å²) in [5.74, 6) is -0.757. The molecule has 0 saturated heterocycles. The van der Waals surface area contributed by atoms with Gasteiger partial charge in [-0.15, -0.1) is 0 Å². The number of hydrogen-bond acceptors (Lipinski definition) is 4. The fraction of sp³-hybridized carbons (Fsp3) is 0.375. The quantitative estimate of drug-likeness (QED) is 0.379. The standard InChI is InChI=1S/C32H41N3O4S/c1-23-17-18-28(19-25(23)3)35(40(7,38)39)22-30(36)34(21-27-16-12-11-13-24(27)2)29(31(37)33-32(4,5)6)20-26-14-9-8-10-15-26/h8-19,29H,20-22H2,1-7H3,(H,33,37). The predicted molar refractivity (Wildman–Crippen MR) is 162 cm³/mol. The van der Waals surface area contributed by atoms with E-state index in [-0.39, 0.29) is 18.9 Å². The fourth-order valence-corrected chi connectivity index (χ4v) is 5.31. The van der Waals surface area contributed by atoms with Crippen molar-refractivity contribution in [2.75, 3.05) is 17.1 Å². The number of rotatable bonds is 10. The van der Waals surface area contributed by atoms with E-state index in [1.54, 1.807) is 12.1 Å². The van der Waals surface area contributed by atoms with Crippen LogP contribution in [0.25, 0.3) is 0 Å². The highest BCUT2D eigenvalue weighted by atomic mass is 32.2. The lowest BCUT2D eigenvalue weighted by Crippen LogP contribution is -2.56. The van der Waals surface area contributed by atoms with E-state index >= 15 is 0 Å². The molecule has 0 radical (unpaired) electrons. The van der Waals surface area contributed by atoms with E-state index in [9.17, 15) is 18.0 Å². The minimum Gasteiger partial charge on any atom is -0.350 e. The number of hydrogen-bond donors (Lipinski definition) is 1. The largest absolute Gasteiger partial charge is 0.350 e. The van der Waals surface area contributed by atoms with Gasteiger partial charge in [-0.3, -0.25) is 13.9 Å². The summed E-state index contributed by atoms with van der Waals surface area (Å²) in [5, 5.41) is 3.04. The van der Waals surface area contributed by atoms with E-state index in [0.717, 1.165) is 38.4 Å². The topological polar surface area (TPSA) is 86.8 Å². The molecule has 0 heterocycles. The number of aryl methyl sites for hydroxylation is 3. The first kappa shape index (κ1) is 30.9.